The molecule has 94 valence electrons. The number of nitrogens with zero attached hydrogens (tertiary/aromatic N) is 2. The molecule has 1 aromatic rings. The van der Waals surface area contributed by atoms with E-state index < -0.39 is 0 Å². The van der Waals surface area contributed by atoms with Crippen molar-refractivity contribution >= 4 is 21.6 Å². The SMILES string of the molecule is CC1CN(c2cc(Br)cc(CN)c2)CCN1C. The van der Waals surface area contributed by atoms with E-state index in [0.29, 0.717) is 12.6 Å². The zero-order valence-corrected chi connectivity index (χ0v) is 12.1. The van der Waals surface area contributed by atoms with Gasteiger partial charge in [-0.1, -0.05) is 15.9 Å². The topological polar surface area (TPSA) is 32.5 Å². The van der Waals surface area contributed by atoms with Crippen LogP contribution in [-0.2, 0) is 6.54 Å². The highest BCUT2D eigenvalue weighted by atomic mass is 79.9. The molecule has 0 spiro atoms. The first-order chi connectivity index (χ1) is 8.10. The highest BCUT2D eigenvalue weighted by molar-refractivity contribution is 9.10. The third-order valence-electron chi connectivity index (χ3n) is 3.50. The van der Waals surface area contributed by atoms with E-state index in [-0.39, 0.29) is 0 Å². The molecule has 0 amide bonds. The Bertz CT molecular complexity index is 394. The van der Waals surface area contributed by atoms with Crippen LogP contribution in [0, 0.1) is 0 Å². The van der Waals surface area contributed by atoms with E-state index in [1.165, 1.54) is 11.3 Å². The summed E-state index contributed by atoms with van der Waals surface area (Å²) in [4.78, 5) is 4.84. The summed E-state index contributed by atoms with van der Waals surface area (Å²) >= 11 is 3.55. The Morgan fingerprint density at radius 1 is 1.35 bits per heavy atom. The second-order valence-electron chi connectivity index (χ2n) is 4.80. The van der Waals surface area contributed by atoms with Crippen molar-refractivity contribution in [3.05, 3.63) is 28.2 Å². The minimum absolute atomic E-state index is 0.593. The highest BCUT2D eigenvalue weighted by Crippen LogP contribution is 2.24. The molecule has 1 aliphatic rings. The van der Waals surface area contributed by atoms with Crippen LogP contribution in [0.4, 0.5) is 5.69 Å². The highest BCUT2D eigenvalue weighted by Gasteiger charge is 2.21. The predicted octanol–water partition coefficient (Wildman–Crippen LogP) is 2.05. The van der Waals surface area contributed by atoms with E-state index in [1.807, 2.05) is 0 Å². The monoisotopic (exact) mass is 297 g/mol. The summed E-state index contributed by atoms with van der Waals surface area (Å²) < 4.78 is 1.11. The normalized spacial score (nSPS) is 21.9. The van der Waals surface area contributed by atoms with Gasteiger partial charge in [-0.2, -0.15) is 0 Å². The fourth-order valence-corrected chi connectivity index (χ4v) is 2.75. The molecule has 4 heteroatoms. The minimum Gasteiger partial charge on any atom is -0.369 e. The standard InChI is InChI=1S/C13H20BrN3/c1-10-9-17(4-3-16(10)2)13-6-11(8-15)5-12(14)7-13/h5-7,10H,3-4,8-9,15H2,1-2H3. The van der Waals surface area contributed by atoms with Crippen LogP contribution >= 0.6 is 15.9 Å². The molecule has 17 heavy (non-hydrogen) atoms. The van der Waals surface area contributed by atoms with Crippen LogP contribution in [0.2, 0.25) is 0 Å². The lowest BCUT2D eigenvalue weighted by atomic mass is 10.1. The van der Waals surface area contributed by atoms with Gasteiger partial charge in [0.25, 0.3) is 0 Å². The van der Waals surface area contributed by atoms with Crippen molar-refractivity contribution in [2.75, 3.05) is 31.6 Å². The first-order valence-electron chi connectivity index (χ1n) is 6.05. The smallest absolute Gasteiger partial charge is 0.0381 e. The van der Waals surface area contributed by atoms with Crippen LogP contribution in [-0.4, -0.2) is 37.6 Å². The van der Waals surface area contributed by atoms with Gasteiger partial charge >= 0.3 is 0 Å². The van der Waals surface area contributed by atoms with Gasteiger partial charge in [-0.05, 0) is 37.7 Å². The Labute approximate surface area is 112 Å². The fraction of sp³-hybridized carbons (Fsp3) is 0.538. The lowest BCUT2D eigenvalue weighted by Gasteiger charge is -2.39. The quantitative estimate of drug-likeness (QED) is 0.907. The molecule has 3 nitrogen and oxygen atoms in total. The Morgan fingerprint density at radius 3 is 2.76 bits per heavy atom. The van der Waals surface area contributed by atoms with E-state index in [4.69, 9.17) is 5.73 Å². The van der Waals surface area contributed by atoms with Crippen LogP contribution in [0.3, 0.4) is 0 Å². The second-order valence-corrected chi connectivity index (χ2v) is 5.71. The van der Waals surface area contributed by atoms with Gasteiger partial charge in [0.15, 0.2) is 0 Å². The van der Waals surface area contributed by atoms with Crippen LogP contribution < -0.4 is 10.6 Å². The Hall–Kier alpha value is -0.580. The molecule has 1 heterocycles. The van der Waals surface area contributed by atoms with E-state index in [0.717, 1.165) is 24.1 Å². The lowest BCUT2D eigenvalue weighted by molar-refractivity contribution is 0.234. The number of rotatable bonds is 2. The van der Waals surface area contributed by atoms with Crippen molar-refractivity contribution in [3.8, 4) is 0 Å². The van der Waals surface area contributed by atoms with Crippen molar-refractivity contribution in [1.29, 1.82) is 0 Å². The molecular weight excluding hydrogens is 278 g/mol. The maximum Gasteiger partial charge on any atom is 0.0381 e. The zero-order chi connectivity index (χ0) is 12.4. The Morgan fingerprint density at radius 2 is 2.12 bits per heavy atom. The molecule has 1 unspecified atom stereocenters. The average Bonchev–Trinajstić information content (AvgIpc) is 2.32. The average molecular weight is 298 g/mol. The molecule has 0 aromatic heterocycles. The molecule has 0 bridgehead atoms. The third kappa shape index (κ3) is 3.00. The number of halogens is 1. The van der Waals surface area contributed by atoms with Crippen LogP contribution in [0.5, 0.6) is 0 Å². The van der Waals surface area contributed by atoms with E-state index >= 15 is 0 Å². The molecule has 1 fully saturated rings. The molecule has 1 aromatic carbocycles. The molecule has 0 aliphatic carbocycles. The van der Waals surface area contributed by atoms with Crippen molar-refractivity contribution in [1.82, 2.24) is 4.90 Å². The number of hydrogen-bond acceptors (Lipinski definition) is 3. The molecule has 2 N–H and O–H groups in total. The largest absolute Gasteiger partial charge is 0.369 e. The van der Waals surface area contributed by atoms with Crippen LogP contribution in [0.15, 0.2) is 22.7 Å². The Balaban J connectivity index is 2.19. The first kappa shape index (κ1) is 12.9. The van der Waals surface area contributed by atoms with Gasteiger partial charge in [0.05, 0.1) is 0 Å². The number of anilines is 1. The lowest BCUT2D eigenvalue weighted by Crippen LogP contribution is -2.50. The molecule has 0 saturated carbocycles. The van der Waals surface area contributed by atoms with Crippen molar-refractivity contribution in [2.45, 2.75) is 19.5 Å². The van der Waals surface area contributed by atoms with Crippen LogP contribution in [0.25, 0.3) is 0 Å². The molecule has 1 aliphatic heterocycles. The van der Waals surface area contributed by atoms with Crippen molar-refractivity contribution in [3.63, 3.8) is 0 Å². The van der Waals surface area contributed by atoms with E-state index in [9.17, 15) is 0 Å². The van der Waals surface area contributed by atoms with E-state index in [2.05, 4.69) is 57.9 Å². The number of hydrogen-bond donors (Lipinski definition) is 1. The van der Waals surface area contributed by atoms with Gasteiger partial charge in [-0.3, -0.25) is 0 Å². The van der Waals surface area contributed by atoms with E-state index in [1.54, 1.807) is 0 Å². The summed E-state index contributed by atoms with van der Waals surface area (Å²) in [5.74, 6) is 0. The van der Waals surface area contributed by atoms with Gasteiger partial charge in [0.2, 0.25) is 0 Å². The summed E-state index contributed by atoms with van der Waals surface area (Å²) in [6, 6.07) is 7.06. The second kappa shape index (κ2) is 5.38. The van der Waals surface area contributed by atoms with Gasteiger partial charge in [0, 0.05) is 42.4 Å². The van der Waals surface area contributed by atoms with Gasteiger partial charge < -0.3 is 15.5 Å². The number of benzene rings is 1. The molecule has 1 atom stereocenters. The third-order valence-corrected chi connectivity index (χ3v) is 3.96. The van der Waals surface area contributed by atoms with Crippen molar-refractivity contribution < 1.29 is 0 Å². The summed E-state index contributed by atoms with van der Waals surface area (Å²) in [7, 11) is 2.19. The van der Waals surface area contributed by atoms with Crippen molar-refractivity contribution in [2.24, 2.45) is 5.73 Å². The predicted molar refractivity (Wildman–Crippen MR) is 76.3 cm³/mol. The van der Waals surface area contributed by atoms with Gasteiger partial charge in [-0.15, -0.1) is 0 Å². The van der Waals surface area contributed by atoms with Crippen LogP contribution in [0.1, 0.15) is 12.5 Å². The molecule has 0 radical (unpaired) electrons. The fourth-order valence-electron chi connectivity index (χ4n) is 2.22. The molecule has 2 rings (SSSR count). The number of piperazine rings is 1. The summed E-state index contributed by atoms with van der Waals surface area (Å²) in [6.45, 7) is 6.15. The minimum atomic E-state index is 0.593. The zero-order valence-electron chi connectivity index (χ0n) is 10.5. The summed E-state index contributed by atoms with van der Waals surface area (Å²) in [6.07, 6.45) is 0. The maximum atomic E-state index is 5.72. The number of nitrogens with two attached hydrogens (primary N) is 1. The maximum absolute atomic E-state index is 5.72. The molecular formula is C13H20BrN3. The Kier molecular flexibility index (Phi) is 4.07. The summed E-state index contributed by atoms with van der Waals surface area (Å²) in [5, 5.41) is 0. The van der Waals surface area contributed by atoms with Gasteiger partial charge in [-0.25, -0.2) is 0 Å². The number of likely N-dealkylation sites (N-methyl/N-ethyl adjacent to an activating group) is 1. The summed E-state index contributed by atoms with van der Waals surface area (Å²) in [5.41, 5.74) is 8.18. The molecule has 1 saturated heterocycles. The van der Waals surface area contributed by atoms with Gasteiger partial charge in [0.1, 0.15) is 0 Å². The first-order valence-corrected chi connectivity index (χ1v) is 6.84.